The minimum Gasteiger partial charge on any atom is -0.465 e. The highest BCUT2D eigenvalue weighted by Crippen LogP contribution is 2.32. The highest BCUT2D eigenvalue weighted by molar-refractivity contribution is 7.89. The fourth-order valence-electron chi connectivity index (χ4n) is 2.51. The molecule has 3 N–H and O–H groups in total. The minimum absolute atomic E-state index is 0.0625. The van der Waals surface area contributed by atoms with Gasteiger partial charge in [-0.05, 0) is 24.3 Å². The van der Waals surface area contributed by atoms with E-state index in [0.29, 0.717) is 12.4 Å². The van der Waals surface area contributed by atoms with Crippen molar-refractivity contribution in [1.82, 2.24) is 5.32 Å². The predicted molar refractivity (Wildman–Crippen MR) is 91.0 cm³/mol. The Morgan fingerprint density at radius 1 is 1.08 bits per heavy atom. The number of hydrogen-bond donors (Lipinski definition) is 2. The van der Waals surface area contributed by atoms with Crippen molar-refractivity contribution < 1.29 is 17.9 Å². The lowest BCUT2D eigenvalue weighted by Crippen LogP contribution is -2.28. The van der Waals surface area contributed by atoms with Gasteiger partial charge in [0.2, 0.25) is 10.0 Å². The summed E-state index contributed by atoms with van der Waals surface area (Å²) >= 11 is 0. The molecule has 2 aromatic carbocycles. The lowest BCUT2D eigenvalue weighted by atomic mass is 10.1. The highest BCUT2D eigenvalue weighted by atomic mass is 32.2. The zero-order valence-electron chi connectivity index (χ0n) is 13.1. The second-order valence-electron chi connectivity index (χ2n) is 5.35. The van der Waals surface area contributed by atoms with Crippen molar-refractivity contribution in [2.75, 3.05) is 13.7 Å². The molecule has 0 radical (unpaired) electrons. The topological polar surface area (TPSA) is 90.6 Å². The van der Waals surface area contributed by atoms with Crippen LogP contribution >= 0.6 is 0 Å². The summed E-state index contributed by atoms with van der Waals surface area (Å²) in [4.78, 5) is 0.0625. The van der Waals surface area contributed by atoms with Gasteiger partial charge in [-0.1, -0.05) is 30.3 Å². The normalized spacial score (nSPS) is 17.5. The monoisotopic (exact) mass is 346 g/mol. The van der Waals surface area contributed by atoms with E-state index in [0.717, 1.165) is 16.8 Å². The largest absolute Gasteiger partial charge is 0.465 e. The van der Waals surface area contributed by atoms with E-state index in [2.05, 4.69) is 5.32 Å². The van der Waals surface area contributed by atoms with Gasteiger partial charge in [-0.2, -0.15) is 0 Å². The van der Waals surface area contributed by atoms with Gasteiger partial charge >= 0.3 is 0 Å². The van der Waals surface area contributed by atoms with E-state index >= 15 is 0 Å². The molecule has 126 valence electrons. The smallest absolute Gasteiger partial charge is 0.238 e. The number of benzene rings is 2. The molecule has 7 heteroatoms. The Hall–Kier alpha value is -2.35. The molecule has 6 nitrogen and oxygen atoms in total. The third-order valence-corrected chi connectivity index (χ3v) is 4.55. The predicted octanol–water partition coefficient (Wildman–Crippen LogP) is 1.75. The Labute approximate surface area is 140 Å². The Bertz CT molecular complexity index is 846. The molecule has 0 spiro atoms. The molecule has 1 aliphatic heterocycles. The van der Waals surface area contributed by atoms with Crippen LogP contribution in [0.5, 0.6) is 0 Å². The van der Waals surface area contributed by atoms with Crippen LogP contribution in [0.3, 0.4) is 0 Å². The molecule has 0 fully saturated rings. The van der Waals surface area contributed by atoms with Gasteiger partial charge in [0.15, 0.2) is 12.0 Å². The van der Waals surface area contributed by atoms with E-state index in [1.165, 1.54) is 12.1 Å². The van der Waals surface area contributed by atoms with E-state index in [1.807, 2.05) is 30.3 Å². The maximum Gasteiger partial charge on any atom is 0.238 e. The molecule has 0 aliphatic carbocycles. The molecule has 0 bridgehead atoms. The molecule has 0 amide bonds. The van der Waals surface area contributed by atoms with Gasteiger partial charge in [0, 0.05) is 18.2 Å². The maximum atomic E-state index is 11.4. The summed E-state index contributed by atoms with van der Waals surface area (Å²) < 4.78 is 33.9. The fourth-order valence-corrected chi connectivity index (χ4v) is 3.03. The molecule has 0 saturated carbocycles. The first-order valence-corrected chi connectivity index (χ1v) is 8.89. The van der Waals surface area contributed by atoms with Crippen LogP contribution in [-0.4, -0.2) is 28.4 Å². The lowest BCUT2D eigenvalue weighted by Gasteiger charge is -2.12. The maximum absolute atomic E-state index is 11.4. The average Bonchev–Trinajstić information content (AvgIpc) is 2.99. The first-order valence-electron chi connectivity index (χ1n) is 7.34. The van der Waals surface area contributed by atoms with Gasteiger partial charge in [0.1, 0.15) is 6.61 Å². The van der Waals surface area contributed by atoms with Gasteiger partial charge in [0.05, 0.1) is 10.6 Å². The number of primary sulfonamides is 1. The van der Waals surface area contributed by atoms with Crippen LogP contribution in [0.1, 0.15) is 11.1 Å². The molecule has 0 aromatic heterocycles. The summed E-state index contributed by atoms with van der Waals surface area (Å²) in [6.07, 6.45) is -0.307. The molecule has 1 unspecified atom stereocenters. The lowest BCUT2D eigenvalue weighted by molar-refractivity contribution is 0.0644. The van der Waals surface area contributed by atoms with Crippen LogP contribution < -0.4 is 10.5 Å². The van der Waals surface area contributed by atoms with Gasteiger partial charge in [-0.25, -0.2) is 13.6 Å². The Kier molecular flexibility index (Phi) is 4.57. The van der Waals surface area contributed by atoms with Crippen molar-refractivity contribution in [2.24, 2.45) is 5.14 Å². The number of rotatable bonds is 5. The van der Waals surface area contributed by atoms with E-state index < -0.39 is 10.0 Å². The van der Waals surface area contributed by atoms with E-state index in [4.69, 9.17) is 14.6 Å². The van der Waals surface area contributed by atoms with E-state index in [1.54, 1.807) is 19.2 Å². The molecule has 24 heavy (non-hydrogen) atoms. The Balaban J connectivity index is 2.00. The minimum atomic E-state index is -3.72. The highest BCUT2D eigenvalue weighted by Gasteiger charge is 2.27. The quantitative estimate of drug-likeness (QED) is 0.861. The average molecular weight is 346 g/mol. The molecule has 0 saturated heterocycles. The van der Waals surface area contributed by atoms with Gasteiger partial charge in [0.25, 0.3) is 0 Å². The molecule has 1 aliphatic rings. The van der Waals surface area contributed by atoms with Gasteiger partial charge in [-0.15, -0.1) is 0 Å². The third-order valence-electron chi connectivity index (χ3n) is 3.62. The summed E-state index contributed by atoms with van der Waals surface area (Å²) in [6, 6.07) is 16.0. The summed E-state index contributed by atoms with van der Waals surface area (Å²) in [6.45, 7) is 0.384. The number of nitrogens with two attached hydrogens (primary N) is 1. The van der Waals surface area contributed by atoms with Crippen molar-refractivity contribution >= 4 is 21.5 Å². The summed E-state index contributed by atoms with van der Waals surface area (Å²) in [5.74, 6) is 0.643. The zero-order chi connectivity index (χ0) is 17.2. The van der Waals surface area contributed by atoms with Crippen LogP contribution in [0, 0.1) is 0 Å². The second kappa shape index (κ2) is 6.64. The first kappa shape index (κ1) is 16.5. The number of nitrogens with one attached hydrogen (secondary N) is 1. The second-order valence-corrected chi connectivity index (χ2v) is 6.91. The molecule has 1 atom stereocenters. The number of ether oxygens (including phenoxy) is 2. The van der Waals surface area contributed by atoms with Crippen LogP contribution in [0.15, 0.2) is 59.5 Å². The molecule has 3 rings (SSSR count). The zero-order valence-corrected chi connectivity index (χ0v) is 13.9. The first-order chi connectivity index (χ1) is 11.5. The van der Waals surface area contributed by atoms with E-state index in [9.17, 15) is 8.42 Å². The van der Waals surface area contributed by atoms with E-state index in [-0.39, 0.29) is 11.1 Å². The fraction of sp³-hybridized carbons (Fsp3) is 0.176. The van der Waals surface area contributed by atoms with Crippen LogP contribution in [0.2, 0.25) is 0 Å². The molecule has 1 heterocycles. The van der Waals surface area contributed by atoms with Crippen molar-refractivity contribution in [3.05, 3.63) is 65.7 Å². The van der Waals surface area contributed by atoms with Crippen molar-refractivity contribution in [1.29, 1.82) is 0 Å². The standard InChI is InChI=1S/C17H18N2O4S/c1-22-11-15-19-16(12-5-3-2-4-6-12)17(23-15)13-7-9-14(10-8-13)24(18,20)21/h2-10,15,19H,11H2,1H3,(H2,18,20,21). The molecule has 2 aromatic rings. The Morgan fingerprint density at radius 3 is 2.33 bits per heavy atom. The van der Waals surface area contributed by atoms with Crippen molar-refractivity contribution in [3.8, 4) is 0 Å². The number of sulfonamides is 1. The van der Waals surface area contributed by atoms with Crippen LogP contribution in [-0.2, 0) is 19.5 Å². The van der Waals surface area contributed by atoms with Crippen molar-refractivity contribution in [3.63, 3.8) is 0 Å². The van der Waals surface area contributed by atoms with Gasteiger partial charge < -0.3 is 14.8 Å². The summed E-state index contributed by atoms with van der Waals surface area (Å²) in [5, 5.41) is 8.43. The SMILES string of the molecule is COCC1NC(c2ccccc2)=C(c2ccc(S(N)(=O)=O)cc2)O1. The molecular formula is C17H18N2O4S. The number of hydrogen-bond acceptors (Lipinski definition) is 5. The Morgan fingerprint density at radius 2 is 1.75 bits per heavy atom. The molecular weight excluding hydrogens is 328 g/mol. The van der Waals surface area contributed by atoms with Crippen LogP contribution in [0.25, 0.3) is 11.5 Å². The van der Waals surface area contributed by atoms with Crippen LogP contribution in [0.4, 0.5) is 0 Å². The third kappa shape index (κ3) is 3.43. The van der Waals surface area contributed by atoms with Crippen molar-refractivity contribution in [2.45, 2.75) is 11.1 Å². The van der Waals surface area contributed by atoms with Gasteiger partial charge in [-0.3, -0.25) is 0 Å². The summed E-state index contributed by atoms with van der Waals surface area (Å²) in [5.41, 5.74) is 2.56. The summed E-state index contributed by atoms with van der Waals surface area (Å²) in [7, 11) is -2.12. The number of methoxy groups -OCH3 is 1.